The highest BCUT2D eigenvalue weighted by Gasteiger charge is 2.43. The van der Waals surface area contributed by atoms with E-state index in [1.807, 2.05) is 0 Å². The highest BCUT2D eigenvalue weighted by atomic mass is 16.5. The van der Waals surface area contributed by atoms with Crippen molar-refractivity contribution in [2.24, 2.45) is 5.41 Å². The van der Waals surface area contributed by atoms with Gasteiger partial charge in [0.15, 0.2) is 0 Å². The van der Waals surface area contributed by atoms with Crippen molar-refractivity contribution in [3.63, 3.8) is 0 Å². The van der Waals surface area contributed by atoms with Crippen LogP contribution in [-0.2, 0) is 19.1 Å². The van der Waals surface area contributed by atoms with E-state index in [0.29, 0.717) is 0 Å². The summed E-state index contributed by atoms with van der Waals surface area (Å²) >= 11 is 0. The number of allylic oxidation sites excluding steroid dienone is 1. The first kappa shape index (κ1) is 13.7. The van der Waals surface area contributed by atoms with Gasteiger partial charge in [0.25, 0.3) is 0 Å². The molecule has 1 unspecified atom stereocenters. The van der Waals surface area contributed by atoms with E-state index in [-0.39, 0.29) is 12.4 Å². The van der Waals surface area contributed by atoms with Crippen LogP contribution in [0.3, 0.4) is 0 Å². The molecule has 6 heteroatoms. The molecule has 1 aliphatic rings. The third-order valence-corrected chi connectivity index (χ3v) is 2.59. The molecule has 1 atom stereocenters. The lowest BCUT2D eigenvalue weighted by Crippen LogP contribution is -2.33. The van der Waals surface area contributed by atoms with E-state index < -0.39 is 28.5 Å². The normalized spacial score (nSPS) is 22.7. The molecule has 6 nitrogen and oxygen atoms in total. The number of carbonyl (C=O) groups is 2. The maximum Gasteiger partial charge on any atom is 0.336 e. The van der Waals surface area contributed by atoms with Crippen LogP contribution in [0.5, 0.6) is 0 Å². The minimum absolute atomic E-state index is 0.110. The average Bonchev–Trinajstić information content (AvgIpc) is 2.28. The monoisotopic (exact) mass is 252 g/mol. The summed E-state index contributed by atoms with van der Waals surface area (Å²) in [5, 5.41) is 18.2. The molecule has 0 aliphatic heterocycles. The number of carbonyl (C=O) groups excluding carboxylic acids is 1. The summed E-state index contributed by atoms with van der Waals surface area (Å²) in [6, 6.07) is 0. The Morgan fingerprint density at radius 1 is 1.44 bits per heavy atom. The Morgan fingerprint density at radius 2 is 2.06 bits per heavy atom. The molecule has 2 N–H and O–H groups in total. The number of aliphatic carboxylic acids is 2. The molecular formula is C12H12O6. The summed E-state index contributed by atoms with van der Waals surface area (Å²) in [6.45, 7) is 3.16. The van der Waals surface area contributed by atoms with Gasteiger partial charge in [-0.1, -0.05) is 0 Å². The van der Waals surface area contributed by atoms with Crippen LogP contribution in [0.15, 0.2) is 29.1 Å². The molecule has 0 spiro atoms. The molecule has 0 aromatic carbocycles. The van der Waals surface area contributed by atoms with Crippen LogP contribution in [0.4, 0.5) is 0 Å². The van der Waals surface area contributed by atoms with Crippen molar-refractivity contribution >= 4 is 17.9 Å². The van der Waals surface area contributed by atoms with Crippen molar-refractivity contribution in [2.45, 2.75) is 13.8 Å². The zero-order chi connectivity index (χ0) is 13.9. The standard InChI is InChI=1S/C12H12O6/c1-3-18-7-4-8(10(14)15)9(6-13)12(2,5-7)11(16)17/h4-5H,3H2,1-2H3,(H,14,15)(H,16,17). The maximum atomic E-state index is 11.2. The highest BCUT2D eigenvalue weighted by Crippen LogP contribution is 2.38. The van der Waals surface area contributed by atoms with E-state index in [2.05, 4.69) is 0 Å². The van der Waals surface area contributed by atoms with E-state index >= 15 is 0 Å². The van der Waals surface area contributed by atoms with Gasteiger partial charge in [-0.2, -0.15) is 0 Å². The number of hydrogen-bond donors (Lipinski definition) is 2. The number of rotatable bonds is 4. The van der Waals surface area contributed by atoms with Crippen molar-refractivity contribution in [1.29, 1.82) is 0 Å². The molecule has 0 saturated carbocycles. The molecule has 0 aromatic heterocycles. The lowest BCUT2D eigenvalue weighted by Gasteiger charge is -2.26. The minimum Gasteiger partial charge on any atom is -0.494 e. The summed E-state index contributed by atoms with van der Waals surface area (Å²) in [5.74, 6) is -1.22. The molecule has 0 heterocycles. The second kappa shape index (κ2) is 4.89. The van der Waals surface area contributed by atoms with Gasteiger partial charge in [0.1, 0.15) is 17.1 Å². The molecule has 96 valence electrons. The average molecular weight is 252 g/mol. The highest BCUT2D eigenvalue weighted by molar-refractivity contribution is 6.01. The number of carboxylic acids is 2. The van der Waals surface area contributed by atoms with Crippen molar-refractivity contribution in [3.8, 4) is 0 Å². The van der Waals surface area contributed by atoms with Crippen LogP contribution in [0.2, 0.25) is 0 Å². The molecule has 1 aliphatic carbocycles. The van der Waals surface area contributed by atoms with Gasteiger partial charge in [-0.3, -0.25) is 4.79 Å². The Morgan fingerprint density at radius 3 is 2.44 bits per heavy atom. The molecule has 18 heavy (non-hydrogen) atoms. The predicted octanol–water partition coefficient (Wildman–Crippen LogP) is 0.780. The van der Waals surface area contributed by atoms with E-state index in [9.17, 15) is 14.4 Å². The van der Waals surface area contributed by atoms with Crippen molar-refractivity contribution in [3.05, 3.63) is 29.1 Å². The van der Waals surface area contributed by atoms with E-state index in [4.69, 9.17) is 14.9 Å². The van der Waals surface area contributed by atoms with Crippen LogP contribution in [0, 0.1) is 5.41 Å². The van der Waals surface area contributed by atoms with Gasteiger partial charge < -0.3 is 14.9 Å². The zero-order valence-corrected chi connectivity index (χ0v) is 9.89. The molecule has 0 fully saturated rings. The Kier molecular flexibility index (Phi) is 3.73. The smallest absolute Gasteiger partial charge is 0.336 e. The summed E-state index contributed by atoms with van der Waals surface area (Å²) in [7, 11) is 0. The van der Waals surface area contributed by atoms with Crippen LogP contribution < -0.4 is 0 Å². The molecule has 0 radical (unpaired) electrons. The summed E-state index contributed by atoms with van der Waals surface area (Å²) in [4.78, 5) is 33.1. The zero-order valence-electron chi connectivity index (χ0n) is 9.89. The number of carboxylic acid groups (broad SMARTS) is 2. The summed E-state index contributed by atoms with van der Waals surface area (Å²) in [6.07, 6.45) is 2.32. The first-order chi connectivity index (χ1) is 8.36. The van der Waals surface area contributed by atoms with Crippen LogP contribution in [0.25, 0.3) is 0 Å². The van der Waals surface area contributed by atoms with Crippen LogP contribution in [-0.4, -0.2) is 34.7 Å². The topological polar surface area (TPSA) is 101 Å². The molecule has 0 amide bonds. The molecule has 0 bridgehead atoms. The predicted molar refractivity (Wildman–Crippen MR) is 60.4 cm³/mol. The second-order valence-electron chi connectivity index (χ2n) is 3.83. The Labute approximate surface area is 103 Å². The third kappa shape index (κ3) is 2.19. The number of hydrogen-bond acceptors (Lipinski definition) is 4. The fourth-order valence-electron chi connectivity index (χ4n) is 1.64. The van der Waals surface area contributed by atoms with Crippen LogP contribution in [0.1, 0.15) is 13.8 Å². The van der Waals surface area contributed by atoms with Gasteiger partial charge in [-0.15, -0.1) is 0 Å². The first-order valence-electron chi connectivity index (χ1n) is 5.16. The van der Waals surface area contributed by atoms with Crippen molar-refractivity contribution in [1.82, 2.24) is 0 Å². The fraction of sp³-hybridized carbons (Fsp3) is 0.333. The molecule has 0 saturated heterocycles. The SMILES string of the molecule is CCOC1=CC(C)(C(=O)O)C(=C=O)C(C(=O)O)=C1. The summed E-state index contributed by atoms with van der Waals surface area (Å²) in [5.41, 5.74) is -2.60. The molecule has 0 aromatic rings. The van der Waals surface area contributed by atoms with E-state index in [1.165, 1.54) is 18.9 Å². The van der Waals surface area contributed by atoms with E-state index in [0.717, 1.165) is 6.08 Å². The van der Waals surface area contributed by atoms with Crippen LogP contribution >= 0.6 is 0 Å². The maximum absolute atomic E-state index is 11.2. The molecule has 1 rings (SSSR count). The van der Waals surface area contributed by atoms with Gasteiger partial charge >= 0.3 is 11.9 Å². The first-order valence-corrected chi connectivity index (χ1v) is 5.16. The van der Waals surface area contributed by atoms with Gasteiger partial charge in [-0.25, -0.2) is 9.59 Å². The lowest BCUT2D eigenvalue weighted by molar-refractivity contribution is -0.143. The Hall–Kier alpha value is -2.33. The molecular weight excluding hydrogens is 240 g/mol. The fourth-order valence-corrected chi connectivity index (χ4v) is 1.64. The number of ether oxygens (including phenoxy) is 1. The summed E-state index contributed by atoms with van der Waals surface area (Å²) < 4.78 is 5.12. The van der Waals surface area contributed by atoms with Crippen molar-refractivity contribution in [2.75, 3.05) is 6.61 Å². The Balaban J connectivity index is 3.46. The lowest BCUT2D eigenvalue weighted by atomic mass is 9.75. The van der Waals surface area contributed by atoms with Gasteiger partial charge in [0.2, 0.25) is 0 Å². The third-order valence-electron chi connectivity index (χ3n) is 2.59. The van der Waals surface area contributed by atoms with Gasteiger partial charge in [0, 0.05) is 0 Å². The second-order valence-corrected chi connectivity index (χ2v) is 3.83. The van der Waals surface area contributed by atoms with E-state index in [1.54, 1.807) is 6.92 Å². The van der Waals surface area contributed by atoms with Crippen molar-refractivity contribution < 1.29 is 29.3 Å². The minimum atomic E-state index is -1.76. The quantitative estimate of drug-likeness (QED) is 0.717. The Bertz CT molecular complexity index is 507. The van der Waals surface area contributed by atoms with Gasteiger partial charge in [0.05, 0.1) is 17.8 Å². The largest absolute Gasteiger partial charge is 0.494 e. The van der Waals surface area contributed by atoms with Gasteiger partial charge in [-0.05, 0) is 26.0 Å².